The first-order chi connectivity index (χ1) is 6.27. The Labute approximate surface area is 72.9 Å². The number of nitrogens with one attached hydrogen (secondary N) is 1. The molecule has 0 saturated carbocycles. The molecule has 0 atom stereocenters. The van der Waals surface area contributed by atoms with Gasteiger partial charge in [0.1, 0.15) is 5.65 Å². The number of nitrogens with zero attached hydrogens (tertiary/aromatic N) is 1. The van der Waals surface area contributed by atoms with E-state index in [4.69, 9.17) is 0 Å². The summed E-state index contributed by atoms with van der Waals surface area (Å²) in [6.45, 7) is 0. The molecule has 0 amide bonds. The van der Waals surface area contributed by atoms with Crippen LogP contribution in [0.3, 0.4) is 0 Å². The van der Waals surface area contributed by atoms with E-state index in [1.807, 2.05) is 0 Å². The van der Waals surface area contributed by atoms with E-state index in [0.29, 0.717) is 11.0 Å². The molecule has 0 aliphatic rings. The molecule has 0 saturated heterocycles. The van der Waals surface area contributed by atoms with Crippen molar-refractivity contribution in [2.24, 2.45) is 0 Å². The molecular weight excluding hydrogens is 168 g/mol. The molecule has 2 aromatic heterocycles. The molecule has 0 fully saturated rings. The molecular formula is C9H6N2O2. The largest absolute Gasteiger partial charge is 0.306 e. The maximum atomic E-state index is 11.3. The highest BCUT2D eigenvalue weighted by atomic mass is 16.1. The predicted molar refractivity (Wildman–Crippen MR) is 48.6 cm³/mol. The van der Waals surface area contributed by atoms with Gasteiger partial charge < -0.3 is 4.98 Å². The minimum absolute atomic E-state index is 0.207. The van der Waals surface area contributed by atoms with E-state index in [-0.39, 0.29) is 11.0 Å². The van der Waals surface area contributed by atoms with Crippen LogP contribution in [-0.2, 0) is 0 Å². The number of hydrogen-bond donors (Lipinski definition) is 1. The molecule has 0 aliphatic heterocycles. The third kappa shape index (κ3) is 1.33. The van der Waals surface area contributed by atoms with E-state index in [1.54, 1.807) is 12.1 Å². The number of hydrogen-bond acceptors (Lipinski definition) is 3. The van der Waals surface area contributed by atoms with Crippen LogP contribution in [0.5, 0.6) is 0 Å². The lowest BCUT2D eigenvalue weighted by Gasteiger charge is -1.86. The molecule has 0 spiro atoms. The molecule has 2 heterocycles. The van der Waals surface area contributed by atoms with E-state index < -0.39 is 0 Å². The summed E-state index contributed by atoms with van der Waals surface area (Å²) in [4.78, 5) is 28.7. The number of H-pyrrole nitrogens is 1. The fourth-order valence-corrected chi connectivity index (χ4v) is 1.10. The van der Waals surface area contributed by atoms with Crippen LogP contribution in [0.25, 0.3) is 11.0 Å². The zero-order valence-corrected chi connectivity index (χ0v) is 6.65. The summed E-state index contributed by atoms with van der Waals surface area (Å²) >= 11 is 0. The van der Waals surface area contributed by atoms with Crippen molar-refractivity contribution in [1.29, 1.82) is 0 Å². The number of rotatable bonds is 0. The average Bonchev–Trinajstić information content (AvgIpc) is 2.27. The number of fused-ring (bicyclic) bond motifs is 1. The Balaban J connectivity index is 3.13. The Morgan fingerprint density at radius 2 is 2.00 bits per heavy atom. The standard InChI is InChI=1S/C9H6N2O2/c12-7-3-4-8(13)11-9-6(7)2-1-5-10-9/h1-5H,(H,10,11,13). The molecule has 1 N–H and O–H groups in total. The Kier molecular flexibility index (Phi) is 1.66. The Morgan fingerprint density at radius 3 is 2.85 bits per heavy atom. The van der Waals surface area contributed by atoms with E-state index in [1.165, 1.54) is 18.3 Å². The molecule has 13 heavy (non-hydrogen) atoms. The van der Waals surface area contributed by atoms with Crippen LogP contribution >= 0.6 is 0 Å². The third-order valence-electron chi connectivity index (χ3n) is 1.70. The van der Waals surface area contributed by atoms with Gasteiger partial charge in [-0.15, -0.1) is 0 Å². The van der Waals surface area contributed by atoms with Gasteiger partial charge in [-0.2, -0.15) is 0 Å². The van der Waals surface area contributed by atoms with Crippen molar-refractivity contribution in [3.63, 3.8) is 0 Å². The van der Waals surface area contributed by atoms with Gasteiger partial charge in [-0.25, -0.2) is 4.98 Å². The first kappa shape index (κ1) is 7.67. The van der Waals surface area contributed by atoms with Crippen LogP contribution in [0.4, 0.5) is 0 Å². The quantitative estimate of drug-likeness (QED) is 0.624. The molecule has 64 valence electrons. The number of aromatic amines is 1. The van der Waals surface area contributed by atoms with Crippen LogP contribution < -0.4 is 11.0 Å². The lowest BCUT2D eigenvalue weighted by atomic mass is 10.3. The second kappa shape index (κ2) is 2.82. The lowest BCUT2D eigenvalue weighted by molar-refractivity contribution is 1.25. The molecule has 0 unspecified atom stereocenters. The molecule has 0 aliphatic carbocycles. The molecule has 0 bridgehead atoms. The van der Waals surface area contributed by atoms with Crippen LogP contribution in [0.2, 0.25) is 0 Å². The van der Waals surface area contributed by atoms with Gasteiger partial charge in [0.05, 0.1) is 5.39 Å². The summed E-state index contributed by atoms with van der Waals surface area (Å²) in [5.74, 6) is 0. The second-order valence-corrected chi connectivity index (χ2v) is 2.59. The van der Waals surface area contributed by atoms with Crippen molar-refractivity contribution in [3.05, 3.63) is 51.0 Å². The summed E-state index contributed by atoms with van der Waals surface area (Å²) in [7, 11) is 0. The van der Waals surface area contributed by atoms with Gasteiger partial charge in [0.15, 0.2) is 5.43 Å². The Morgan fingerprint density at radius 1 is 1.15 bits per heavy atom. The SMILES string of the molecule is O=c1ccc(=O)c2cccnc2[nH]1. The van der Waals surface area contributed by atoms with E-state index in [9.17, 15) is 9.59 Å². The van der Waals surface area contributed by atoms with Crippen molar-refractivity contribution in [3.8, 4) is 0 Å². The van der Waals surface area contributed by atoms with Crippen LogP contribution in [-0.4, -0.2) is 9.97 Å². The maximum absolute atomic E-state index is 11.3. The van der Waals surface area contributed by atoms with Gasteiger partial charge in [-0.3, -0.25) is 9.59 Å². The fourth-order valence-electron chi connectivity index (χ4n) is 1.10. The molecule has 0 aromatic carbocycles. The van der Waals surface area contributed by atoms with Crippen molar-refractivity contribution in [2.75, 3.05) is 0 Å². The van der Waals surface area contributed by atoms with Gasteiger partial charge in [0, 0.05) is 12.3 Å². The monoisotopic (exact) mass is 174 g/mol. The van der Waals surface area contributed by atoms with E-state index >= 15 is 0 Å². The molecule has 0 radical (unpaired) electrons. The van der Waals surface area contributed by atoms with Crippen LogP contribution in [0.1, 0.15) is 0 Å². The van der Waals surface area contributed by atoms with Crippen LogP contribution in [0, 0.1) is 0 Å². The highest BCUT2D eigenvalue weighted by Crippen LogP contribution is 1.97. The first-order valence-electron chi connectivity index (χ1n) is 3.76. The first-order valence-corrected chi connectivity index (χ1v) is 3.76. The summed E-state index contributed by atoms with van der Waals surface area (Å²) in [6, 6.07) is 5.72. The lowest BCUT2D eigenvalue weighted by Crippen LogP contribution is -1.98. The van der Waals surface area contributed by atoms with Crippen molar-refractivity contribution >= 4 is 11.0 Å². The molecule has 4 heteroatoms. The normalized spacial score (nSPS) is 10.2. The number of pyridine rings is 1. The van der Waals surface area contributed by atoms with E-state index in [2.05, 4.69) is 9.97 Å². The zero-order chi connectivity index (χ0) is 9.26. The third-order valence-corrected chi connectivity index (χ3v) is 1.70. The smallest absolute Gasteiger partial charge is 0.249 e. The summed E-state index contributed by atoms with van der Waals surface area (Å²) < 4.78 is 0. The van der Waals surface area contributed by atoms with Crippen molar-refractivity contribution in [2.45, 2.75) is 0 Å². The van der Waals surface area contributed by atoms with Crippen LogP contribution in [0.15, 0.2) is 40.1 Å². The minimum Gasteiger partial charge on any atom is -0.306 e. The minimum atomic E-state index is -0.328. The summed E-state index contributed by atoms with van der Waals surface area (Å²) in [5.41, 5.74) is -0.213. The van der Waals surface area contributed by atoms with Gasteiger partial charge >= 0.3 is 0 Å². The van der Waals surface area contributed by atoms with Crippen molar-refractivity contribution < 1.29 is 0 Å². The van der Waals surface area contributed by atoms with Crippen molar-refractivity contribution in [1.82, 2.24) is 9.97 Å². The van der Waals surface area contributed by atoms with E-state index in [0.717, 1.165) is 0 Å². The second-order valence-electron chi connectivity index (χ2n) is 2.59. The molecule has 2 rings (SSSR count). The Bertz CT molecular complexity index is 560. The highest BCUT2D eigenvalue weighted by Gasteiger charge is 1.95. The number of aromatic nitrogens is 2. The van der Waals surface area contributed by atoms with Gasteiger partial charge in [0.2, 0.25) is 5.56 Å². The summed E-state index contributed by atoms with van der Waals surface area (Å²) in [6.07, 6.45) is 1.53. The Hall–Kier alpha value is -1.97. The van der Waals surface area contributed by atoms with Gasteiger partial charge in [-0.05, 0) is 18.2 Å². The topological polar surface area (TPSA) is 62.8 Å². The van der Waals surface area contributed by atoms with Gasteiger partial charge in [-0.1, -0.05) is 0 Å². The fraction of sp³-hybridized carbons (Fsp3) is 0. The van der Waals surface area contributed by atoms with Gasteiger partial charge in [0.25, 0.3) is 0 Å². The predicted octanol–water partition coefficient (Wildman–Crippen LogP) is 0.283. The zero-order valence-electron chi connectivity index (χ0n) is 6.65. The summed E-state index contributed by atoms with van der Waals surface area (Å²) in [5, 5.41) is 0.421. The molecule has 4 nitrogen and oxygen atoms in total. The molecule has 2 aromatic rings. The highest BCUT2D eigenvalue weighted by molar-refractivity contribution is 5.72. The maximum Gasteiger partial charge on any atom is 0.249 e. The average molecular weight is 174 g/mol.